The van der Waals surface area contributed by atoms with Crippen molar-refractivity contribution in [3.8, 4) is 0 Å². The van der Waals surface area contributed by atoms with Crippen LogP contribution in [-0.4, -0.2) is 12.6 Å². The summed E-state index contributed by atoms with van der Waals surface area (Å²) < 4.78 is 0. The van der Waals surface area contributed by atoms with E-state index in [1.807, 2.05) is 40.8 Å². The van der Waals surface area contributed by atoms with Crippen LogP contribution in [0.5, 0.6) is 0 Å². The van der Waals surface area contributed by atoms with Crippen molar-refractivity contribution >= 4 is 6.08 Å². The molecule has 0 saturated carbocycles. The van der Waals surface area contributed by atoms with Crippen molar-refractivity contribution in [2.45, 2.75) is 67.3 Å². The van der Waals surface area contributed by atoms with Gasteiger partial charge in [-0.3, -0.25) is 0 Å². The minimum absolute atomic E-state index is 0.121. The van der Waals surface area contributed by atoms with Gasteiger partial charge >= 0.3 is 0 Å². The van der Waals surface area contributed by atoms with Gasteiger partial charge in [0.1, 0.15) is 0 Å². The van der Waals surface area contributed by atoms with Gasteiger partial charge in [0.2, 0.25) is 0 Å². The van der Waals surface area contributed by atoms with Gasteiger partial charge < -0.3 is 5.32 Å². The zero-order valence-corrected chi connectivity index (χ0v) is 19.0. The van der Waals surface area contributed by atoms with Crippen molar-refractivity contribution in [1.29, 1.82) is 0 Å². The van der Waals surface area contributed by atoms with Gasteiger partial charge in [0.25, 0.3) is 0 Å². The Balaban J connectivity index is -0.000000204. The van der Waals surface area contributed by atoms with Gasteiger partial charge in [-0.25, -0.2) is 0 Å². The van der Waals surface area contributed by atoms with Crippen LogP contribution in [0.15, 0.2) is 56.5 Å². The highest BCUT2D eigenvalue weighted by Crippen LogP contribution is 2.24. The lowest BCUT2D eigenvalue weighted by Gasteiger charge is -2.26. The van der Waals surface area contributed by atoms with Crippen LogP contribution in [-0.2, 0) is 6.42 Å². The molecule has 148 valence electrons. The van der Waals surface area contributed by atoms with Crippen LogP contribution >= 0.6 is 0 Å². The van der Waals surface area contributed by atoms with E-state index in [1.54, 1.807) is 0 Å². The first-order valence-corrected chi connectivity index (χ1v) is 9.23. The molecule has 0 aromatic heterocycles. The molecule has 0 bridgehead atoms. The lowest BCUT2D eigenvalue weighted by atomic mass is 9.87. The summed E-state index contributed by atoms with van der Waals surface area (Å²) in [5.41, 5.74) is 9.99. The molecule has 0 atom stereocenters. The predicted molar refractivity (Wildman–Crippen MR) is 125 cm³/mol. The van der Waals surface area contributed by atoms with E-state index >= 15 is 0 Å². The summed E-state index contributed by atoms with van der Waals surface area (Å²) in [7, 11) is 2.01. The average Bonchev–Trinajstić information content (AvgIpc) is 2.63. The highest BCUT2D eigenvalue weighted by molar-refractivity contribution is 5.58. The van der Waals surface area contributed by atoms with Gasteiger partial charge in [-0.1, -0.05) is 78.8 Å². The van der Waals surface area contributed by atoms with Crippen molar-refractivity contribution in [3.63, 3.8) is 0 Å². The third-order valence-electron chi connectivity index (χ3n) is 3.31. The number of aryl methyl sites for hydroxylation is 2. The molecule has 0 saturated heterocycles. The Kier molecular flexibility index (Phi) is 25.6. The molecule has 0 spiro atoms. The molecule has 0 amide bonds. The summed E-state index contributed by atoms with van der Waals surface area (Å²) in [5, 5.41) is 3.35. The van der Waals surface area contributed by atoms with E-state index in [2.05, 4.69) is 89.5 Å². The van der Waals surface area contributed by atoms with Crippen molar-refractivity contribution in [3.05, 3.63) is 78.7 Å². The number of hydrogen-bond donors (Lipinski definition) is 1. The Morgan fingerprint density at radius 2 is 1.27 bits per heavy atom. The van der Waals surface area contributed by atoms with E-state index in [0.717, 1.165) is 6.42 Å². The Morgan fingerprint density at radius 1 is 0.923 bits per heavy atom. The standard InChI is InChI=1S/C15H23N.2C3H4.2C2H6/c1-7-13-11(2)8-9-12(3)14(13)10-15(4,5)16-6;2*1-3-2;2*1-2/h7-9,16H,1,10H2,2-6H3;2*1-2H2;2*1-2H3. The highest BCUT2D eigenvalue weighted by Gasteiger charge is 2.18. The lowest BCUT2D eigenvalue weighted by molar-refractivity contribution is 0.421. The van der Waals surface area contributed by atoms with Crippen LogP contribution in [0.1, 0.15) is 63.8 Å². The molecule has 1 aromatic rings. The molecule has 0 aliphatic heterocycles. The zero-order chi connectivity index (χ0) is 21.8. The van der Waals surface area contributed by atoms with Crippen molar-refractivity contribution < 1.29 is 0 Å². The summed E-state index contributed by atoms with van der Waals surface area (Å²) in [6.07, 6.45) is 3.00. The maximum atomic E-state index is 3.93. The smallest absolute Gasteiger partial charge is 0.0162 e. The molecule has 1 N–H and O–H groups in total. The molecular formula is C25H43N. The predicted octanol–water partition coefficient (Wildman–Crippen LogP) is 7.45. The second-order valence-electron chi connectivity index (χ2n) is 5.61. The first-order chi connectivity index (χ1) is 12.2. The molecule has 0 heterocycles. The quantitative estimate of drug-likeness (QED) is 0.552. The van der Waals surface area contributed by atoms with E-state index in [0.29, 0.717) is 0 Å². The number of nitrogens with one attached hydrogen (secondary N) is 1. The van der Waals surface area contributed by atoms with Gasteiger partial charge in [-0.2, -0.15) is 0 Å². The molecule has 0 fully saturated rings. The molecule has 1 nitrogen and oxygen atoms in total. The largest absolute Gasteiger partial charge is 0.314 e. The SMILES string of the molecule is C=C=C.C=C=C.C=Cc1c(C)ccc(C)c1CC(C)(C)NC.CC.CC. The third-order valence-corrected chi connectivity index (χ3v) is 3.31. The summed E-state index contributed by atoms with van der Waals surface area (Å²) in [5.74, 6) is 0. The molecule has 0 aliphatic carbocycles. The first kappa shape index (κ1) is 31.7. The fourth-order valence-corrected chi connectivity index (χ4v) is 1.94. The monoisotopic (exact) mass is 357 g/mol. The van der Waals surface area contributed by atoms with E-state index in [9.17, 15) is 0 Å². The van der Waals surface area contributed by atoms with Gasteiger partial charge in [0, 0.05) is 5.54 Å². The van der Waals surface area contributed by atoms with Crippen LogP contribution in [0.4, 0.5) is 0 Å². The maximum absolute atomic E-state index is 3.93. The van der Waals surface area contributed by atoms with Crippen LogP contribution in [0.25, 0.3) is 6.08 Å². The van der Waals surface area contributed by atoms with E-state index in [1.165, 1.54) is 22.3 Å². The van der Waals surface area contributed by atoms with Crippen LogP contribution in [0, 0.1) is 13.8 Å². The molecule has 1 heteroatoms. The van der Waals surface area contributed by atoms with Gasteiger partial charge in [-0.15, -0.1) is 11.5 Å². The van der Waals surface area contributed by atoms with Crippen LogP contribution in [0.2, 0.25) is 0 Å². The highest BCUT2D eigenvalue weighted by atomic mass is 14.9. The van der Waals surface area contributed by atoms with Gasteiger partial charge in [0.05, 0.1) is 0 Å². The Labute approximate surface area is 164 Å². The fraction of sp³-hybridized carbons (Fsp3) is 0.440. The van der Waals surface area contributed by atoms with E-state index in [4.69, 9.17) is 0 Å². The second-order valence-corrected chi connectivity index (χ2v) is 5.61. The Hall–Kier alpha value is -2.04. The molecule has 26 heavy (non-hydrogen) atoms. The van der Waals surface area contributed by atoms with Crippen LogP contribution < -0.4 is 5.32 Å². The van der Waals surface area contributed by atoms with E-state index in [-0.39, 0.29) is 5.54 Å². The first-order valence-electron chi connectivity index (χ1n) is 9.23. The topological polar surface area (TPSA) is 12.0 Å². The summed E-state index contributed by atoms with van der Waals surface area (Å²) >= 11 is 0. The van der Waals surface area contributed by atoms with Crippen LogP contribution in [0.3, 0.4) is 0 Å². The number of hydrogen-bond acceptors (Lipinski definition) is 1. The normalized spacial score (nSPS) is 8.19. The van der Waals surface area contributed by atoms with Gasteiger partial charge in [-0.05, 0) is 63.4 Å². The Bertz CT molecular complexity index is 524. The lowest BCUT2D eigenvalue weighted by Crippen LogP contribution is -2.38. The average molecular weight is 358 g/mol. The zero-order valence-electron chi connectivity index (χ0n) is 19.0. The Morgan fingerprint density at radius 3 is 1.58 bits per heavy atom. The summed E-state index contributed by atoms with van der Waals surface area (Å²) in [4.78, 5) is 0. The maximum Gasteiger partial charge on any atom is 0.0162 e. The van der Waals surface area contributed by atoms with Crippen molar-refractivity contribution in [2.24, 2.45) is 0 Å². The van der Waals surface area contributed by atoms with Crippen molar-refractivity contribution in [2.75, 3.05) is 7.05 Å². The third kappa shape index (κ3) is 15.5. The minimum atomic E-state index is 0.121. The fourth-order valence-electron chi connectivity index (χ4n) is 1.94. The summed E-state index contributed by atoms with van der Waals surface area (Å²) in [6.45, 7) is 33.2. The number of rotatable bonds is 4. The molecular weight excluding hydrogens is 314 g/mol. The second kappa shape index (κ2) is 21.0. The van der Waals surface area contributed by atoms with Crippen molar-refractivity contribution in [1.82, 2.24) is 5.32 Å². The summed E-state index contributed by atoms with van der Waals surface area (Å²) in [6, 6.07) is 4.37. The molecule has 1 rings (SSSR count). The van der Waals surface area contributed by atoms with E-state index < -0.39 is 0 Å². The molecule has 0 unspecified atom stereocenters. The minimum Gasteiger partial charge on any atom is -0.314 e. The molecule has 1 aromatic carbocycles. The number of likely N-dealkylation sites (N-methyl/N-ethyl adjacent to an activating group) is 1. The van der Waals surface area contributed by atoms with Gasteiger partial charge in [0.15, 0.2) is 0 Å². The number of benzene rings is 1. The molecule has 0 aliphatic rings. The molecule has 0 radical (unpaired) electrons.